The highest BCUT2D eigenvalue weighted by atomic mass is 32.2. The molecule has 0 aliphatic heterocycles. The van der Waals surface area contributed by atoms with Crippen molar-refractivity contribution >= 4 is 16.7 Å². The minimum absolute atomic E-state index is 0.303. The lowest BCUT2D eigenvalue weighted by molar-refractivity contribution is 0.584. The molecule has 0 aromatic carbocycles. The van der Waals surface area contributed by atoms with Gasteiger partial charge in [-0.15, -0.1) is 0 Å². The van der Waals surface area contributed by atoms with Crippen LogP contribution in [0.3, 0.4) is 0 Å². The summed E-state index contributed by atoms with van der Waals surface area (Å²) < 4.78 is 12.2. The van der Waals surface area contributed by atoms with Crippen molar-refractivity contribution in [3.05, 3.63) is 0 Å². The Bertz CT molecular complexity index is 273. The molecule has 1 unspecified atom stereocenters. The Balaban J connectivity index is 2.33. The van der Waals surface area contributed by atoms with Gasteiger partial charge in [0, 0.05) is 29.4 Å². The second-order valence-corrected chi connectivity index (χ2v) is 3.95. The predicted octanol–water partition coefficient (Wildman–Crippen LogP) is -0.976. The molecule has 1 rings (SSSR count). The van der Waals surface area contributed by atoms with Crippen LogP contribution in [0.25, 0.3) is 0 Å². The molecule has 0 saturated carbocycles. The number of tetrazole rings is 1. The van der Waals surface area contributed by atoms with E-state index in [9.17, 15) is 4.21 Å². The van der Waals surface area contributed by atoms with Gasteiger partial charge in [-0.3, -0.25) is 4.21 Å². The molecule has 1 aromatic heterocycles. The van der Waals surface area contributed by atoms with Crippen LogP contribution in [0.1, 0.15) is 6.42 Å². The van der Waals surface area contributed by atoms with Crippen molar-refractivity contribution in [2.45, 2.75) is 13.0 Å². The van der Waals surface area contributed by atoms with Crippen molar-refractivity contribution in [1.82, 2.24) is 20.2 Å². The third-order valence-electron chi connectivity index (χ3n) is 1.36. The van der Waals surface area contributed by atoms with E-state index in [1.54, 1.807) is 6.26 Å². The molecule has 1 heterocycles. The van der Waals surface area contributed by atoms with E-state index in [1.807, 2.05) is 0 Å². The summed E-state index contributed by atoms with van der Waals surface area (Å²) in [6.07, 6.45) is 2.45. The summed E-state index contributed by atoms with van der Waals surface area (Å²) in [7, 11) is -0.756. The fourth-order valence-corrected chi connectivity index (χ4v) is 1.32. The molecule has 0 amide bonds. The standard InChI is InChI=1S/C5H11N5OS/c1-12(11)4-2-3-10-5(6)7-8-9-10/h2-4H2,1H3,(H2,6,7,9). The van der Waals surface area contributed by atoms with Crippen LogP contribution in [0.2, 0.25) is 0 Å². The van der Waals surface area contributed by atoms with Crippen LogP contribution in [0.5, 0.6) is 0 Å². The molecule has 2 N–H and O–H groups in total. The van der Waals surface area contributed by atoms with Gasteiger partial charge in [0.15, 0.2) is 0 Å². The van der Waals surface area contributed by atoms with E-state index < -0.39 is 10.8 Å². The molecule has 0 bridgehead atoms. The predicted molar refractivity (Wildman–Crippen MR) is 45.8 cm³/mol. The van der Waals surface area contributed by atoms with Gasteiger partial charge in [0.2, 0.25) is 5.95 Å². The molecule has 0 spiro atoms. The van der Waals surface area contributed by atoms with Crippen LogP contribution in [-0.4, -0.2) is 36.4 Å². The lowest BCUT2D eigenvalue weighted by Crippen LogP contribution is -2.07. The monoisotopic (exact) mass is 189 g/mol. The molecule has 0 saturated heterocycles. The highest BCUT2D eigenvalue weighted by Gasteiger charge is 2.00. The number of nitrogens with zero attached hydrogens (tertiary/aromatic N) is 4. The quantitative estimate of drug-likeness (QED) is 0.658. The van der Waals surface area contributed by atoms with E-state index in [2.05, 4.69) is 15.5 Å². The third kappa shape index (κ3) is 2.57. The van der Waals surface area contributed by atoms with Crippen molar-refractivity contribution in [3.8, 4) is 0 Å². The number of hydrogen-bond donors (Lipinski definition) is 1. The van der Waals surface area contributed by atoms with Gasteiger partial charge in [-0.2, -0.15) is 0 Å². The number of nitrogen functional groups attached to an aromatic ring is 1. The van der Waals surface area contributed by atoms with Gasteiger partial charge in [-0.1, -0.05) is 5.10 Å². The number of anilines is 1. The van der Waals surface area contributed by atoms with Crippen molar-refractivity contribution in [1.29, 1.82) is 0 Å². The smallest absolute Gasteiger partial charge is 0.240 e. The zero-order valence-corrected chi connectivity index (χ0v) is 7.62. The number of nitrogens with two attached hydrogens (primary N) is 1. The Morgan fingerprint density at radius 2 is 2.42 bits per heavy atom. The Labute approximate surface area is 72.6 Å². The zero-order chi connectivity index (χ0) is 8.97. The number of hydrogen-bond acceptors (Lipinski definition) is 5. The average Bonchev–Trinajstić information content (AvgIpc) is 2.36. The molecule has 1 atom stereocenters. The first-order valence-corrected chi connectivity index (χ1v) is 5.24. The minimum Gasteiger partial charge on any atom is -0.367 e. The van der Waals surface area contributed by atoms with E-state index in [1.165, 1.54) is 4.68 Å². The van der Waals surface area contributed by atoms with Gasteiger partial charge >= 0.3 is 0 Å². The van der Waals surface area contributed by atoms with Crippen LogP contribution < -0.4 is 5.73 Å². The Hall–Kier alpha value is -0.980. The van der Waals surface area contributed by atoms with Gasteiger partial charge < -0.3 is 5.73 Å². The van der Waals surface area contributed by atoms with Crippen molar-refractivity contribution < 1.29 is 4.21 Å². The average molecular weight is 189 g/mol. The Morgan fingerprint density at radius 1 is 1.67 bits per heavy atom. The summed E-state index contributed by atoms with van der Waals surface area (Å²) in [6, 6.07) is 0. The van der Waals surface area contributed by atoms with E-state index in [0.29, 0.717) is 18.2 Å². The summed E-state index contributed by atoms with van der Waals surface area (Å²) in [5, 5.41) is 10.5. The summed E-state index contributed by atoms with van der Waals surface area (Å²) in [5.41, 5.74) is 5.41. The Kier molecular flexibility index (Phi) is 3.15. The third-order valence-corrected chi connectivity index (χ3v) is 2.22. The van der Waals surface area contributed by atoms with Crippen LogP contribution in [0.15, 0.2) is 0 Å². The van der Waals surface area contributed by atoms with E-state index in [4.69, 9.17) is 5.73 Å². The summed E-state index contributed by atoms with van der Waals surface area (Å²) in [4.78, 5) is 0. The normalized spacial score (nSPS) is 13.1. The van der Waals surface area contributed by atoms with E-state index in [0.717, 1.165) is 6.42 Å². The molecule has 0 aliphatic rings. The topological polar surface area (TPSA) is 86.7 Å². The van der Waals surface area contributed by atoms with Crippen LogP contribution >= 0.6 is 0 Å². The van der Waals surface area contributed by atoms with Crippen LogP contribution in [-0.2, 0) is 17.3 Å². The SMILES string of the molecule is CS(=O)CCCn1nnnc1N. The maximum atomic E-state index is 10.7. The van der Waals surface area contributed by atoms with E-state index in [-0.39, 0.29) is 0 Å². The van der Waals surface area contributed by atoms with Gasteiger partial charge in [0.25, 0.3) is 0 Å². The van der Waals surface area contributed by atoms with Gasteiger partial charge in [-0.05, 0) is 16.8 Å². The van der Waals surface area contributed by atoms with Crippen molar-refractivity contribution in [3.63, 3.8) is 0 Å². The lowest BCUT2D eigenvalue weighted by atomic mass is 10.5. The second-order valence-electron chi connectivity index (χ2n) is 2.39. The van der Waals surface area contributed by atoms with E-state index >= 15 is 0 Å². The fraction of sp³-hybridized carbons (Fsp3) is 0.800. The van der Waals surface area contributed by atoms with Crippen molar-refractivity contribution in [2.24, 2.45) is 0 Å². The number of aromatic nitrogens is 4. The molecule has 6 nitrogen and oxygen atoms in total. The number of rotatable bonds is 4. The molecule has 0 fully saturated rings. The summed E-state index contributed by atoms with van der Waals surface area (Å²) in [6.45, 7) is 0.623. The first-order chi connectivity index (χ1) is 5.70. The highest BCUT2D eigenvalue weighted by molar-refractivity contribution is 7.84. The molecule has 1 aromatic rings. The number of aryl methyl sites for hydroxylation is 1. The molecule has 7 heteroatoms. The molecular weight excluding hydrogens is 178 g/mol. The van der Waals surface area contributed by atoms with Gasteiger partial charge in [0.05, 0.1) is 0 Å². The van der Waals surface area contributed by atoms with Crippen LogP contribution in [0.4, 0.5) is 5.95 Å². The second kappa shape index (κ2) is 4.15. The van der Waals surface area contributed by atoms with Gasteiger partial charge in [-0.25, -0.2) is 4.68 Å². The Morgan fingerprint density at radius 3 is 2.92 bits per heavy atom. The molecule has 68 valence electrons. The molecule has 0 radical (unpaired) electrons. The van der Waals surface area contributed by atoms with Crippen LogP contribution in [0, 0.1) is 0 Å². The maximum Gasteiger partial charge on any atom is 0.240 e. The first-order valence-electron chi connectivity index (χ1n) is 3.52. The zero-order valence-electron chi connectivity index (χ0n) is 6.80. The van der Waals surface area contributed by atoms with Gasteiger partial charge in [0.1, 0.15) is 0 Å². The summed E-state index contributed by atoms with van der Waals surface area (Å²) >= 11 is 0. The maximum absolute atomic E-state index is 10.7. The van der Waals surface area contributed by atoms with Crippen molar-refractivity contribution in [2.75, 3.05) is 17.7 Å². The molecular formula is C5H11N5OS. The minimum atomic E-state index is -0.756. The molecule has 0 aliphatic carbocycles. The fourth-order valence-electron chi connectivity index (χ4n) is 0.788. The largest absolute Gasteiger partial charge is 0.367 e. The summed E-state index contributed by atoms with van der Waals surface area (Å²) in [5.74, 6) is 0.955. The molecule has 12 heavy (non-hydrogen) atoms. The lowest BCUT2D eigenvalue weighted by Gasteiger charge is -1.98. The first kappa shape index (κ1) is 9.11. The highest BCUT2D eigenvalue weighted by Crippen LogP contribution is 1.94.